The van der Waals surface area contributed by atoms with Crippen molar-refractivity contribution in [3.8, 4) is 0 Å². The first-order valence-electron chi connectivity index (χ1n) is 5.62. The van der Waals surface area contributed by atoms with Gasteiger partial charge in [-0.05, 0) is 37.3 Å². The highest BCUT2D eigenvalue weighted by Gasteiger charge is 2.48. The van der Waals surface area contributed by atoms with Crippen LogP contribution in [0, 0.1) is 5.41 Å². The van der Waals surface area contributed by atoms with Gasteiger partial charge >= 0.3 is 0 Å². The normalized spacial score (nSPS) is 33.2. The standard InChI is InChI=1S/C12H15NO2/c14-10-3-4-12(7-9(10)8-12)11(15)13-5-1-2-6-13/h3,7,14H,1-2,4-6,8H2. The predicted molar refractivity (Wildman–Crippen MR) is 56.3 cm³/mol. The van der Waals surface area contributed by atoms with E-state index in [2.05, 4.69) is 0 Å². The average Bonchev–Trinajstić information content (AvgIpc) is 2.68. The van der Waals surface area contributed by atoms with E-state index < -0.39 is 0 Å². The lowest BCUT2D eigenvalue weighted by Crippen LogP contribution is -2.47. The maximum Gasteiger partial charge on any atom is 0.233 e. The number of amides is 1. The summed E-state index contributed by atoms with van der Waals surface area (Å²) in [6.07, 6.45) is 7.44. The number of hydrogen-bond donors (Lipinski definition) is 1. The number of likely N-dealkylation sites (tertiary alicyclic amines) is 1. The number of carbonyl (C=O) groups excluding carboxylic acids is 1. The van der Waals surface area contributed by atoms with E-state index in [0.29, 0.717) is 12.2 Å². The van der Waals surface area contributed by atoms with E-state index in [9.17, 15) is 9.90 Å². The Morgan fingerprint density at radius 1 is 1.40 bits per heavy atom. The fraction of sp³-hybridized carbons (Fsp3) is 0.583. The lowest BCUT2D eigenvalue weighted by molar-refractivity contribution is -0.139. The quantitative estimate of drug-likeness (QED) is 0.708. The molecular weight excluding hydrogens is 190 g/mol. The molecule has 0 aromatic carbocycles. The third kappa shape index (κ3) is 1.15. The number of rotatable bonds is 1. The van der Waals surface area contributed by atoms with Crippen LogP contribution in [-0.2, 0) is 4.79 Å². The van der Waals surface area contributed by atoms with Gasteiger partial charge in [0.2, 0.25) is 5.91 Å². The second kappa shape index (κ2) is 2.87. The average molecular weight is 205 g/mol. The summed E-state index contributed by atoms with van der Waals surface area (Å²) < 4.78 is 0. The smallest absolute Gasteiger partial charge is 0.233 e. The Balaban J connectivity index is 1.80. The molecule has 1 unspecified atom stereocenters. The monoisotopic (exact) mass is 205 g/mol. The van der Waals surface area contributed by atoms with Crippen molar-refractivity contribution in [3.05, 3.63) is 23.5 Å². The summed E-state index contributed by atoms with van der Waals surface area (Å²) in [7, 11) is 0. The molecule has 3 aliphatic carbocycles. The van der Waals surface area contributed by atoms with Gasteiger partial charge in [0.05, 0.1) is 5.41 Å². The van der Waals surface area contributed by atoms with Crippen LogP contribution in [0.4, 0.5) is 0 Å². The van der Waals surface area contributed by atoms with E-state index in [1.807, 2.05) is 11.0 Å². The minimum atomic E-state index is -0.286. The molecule has 1 aliphatic heterocycles. The molecule has 3 nitrogen and oxygen atoms in total. The van der Waals surface area contributed by atoms with E-state index in [1.54, 1.807) is 6.08 Å². The van der Waals surface area contributed by atoms with Gasteiger partial charge in [0.25, 0.3) is 0 Å². The Kier molecular flexibility index (Phi) is 1.73. The molecule has 1 N–H and O–H groups in total. The zero-order chi connectivity index (χ0) is 10.5. The summed E-state index contributed by atoms with van der Waals surface area (Å²) in [5.74, 6) is 0.651. The SMILES string of the molecule is O=C(N1CCCC1)C12C=C(C1)C(O)=CC2. The molecule has 0 spiro atoms. The van der Waals surface area contributed by atoms with Crippen LogP contribution in [-0.4, -0.2) is 29.0 Å². The van der Waals surface area contributed by atoms with Crippen LogP contribution in [0.5, 0.6) is 0 Å². The molecule has 15 heavy (non-hydrogen) atoms. The number of carbonyl (C=O) groups is 1. The second-order valence-corrected chi connectivity index (χ2v) is 4.80. The Bertz CT molecular complexity index is 377. The van der Waals surface area contributed by atoms with Crippen LogP contribution in [0.2, 0.25) is 0 Å². The highest BCUT2D eigenvalue weighted by molar-refractivity contribution is 5.88. The first-order valence-corrected chi connectivity index (χ1v) is 5.62. The van der Waals surface area contributed by atoms with Crippen molar-refractivity contribution < 1.29 is 9.90 Å². The topological polar surface area (TPSA) is 40.5 Å². The van der Waals surface area contributed by atoms with Crippen LogP contribution in [0.1, 0.15) is 25.7 Å². The first kappa shape index (κ1) is 9.01. The first-order chi connectivity index (χ1) is 7.21. The maximum absolute atomic E-state index is 12.2. The fourth-order valence-electron chi connectivity index (χ4n) is 2.81. The minimum Gasteiger partial charge on any atom is -0.508 e. The zero-order valence-electron chi connectivity index (χ0n) is 8.70. The molecule has 0 saturated carbocycles. The van der Waals surface area contributed by atoms with Gasteiger partial charge < -0.3 is 10.0 Å². The third-order valence-electron chi connectivity index (χ3n) is 3.76. The van der Waals surface area contributed by atoms with Gasteiger partial charge in [-0.1, -0.05) is 6.08 Å². The molecule has 0 radical (unpaired) electrons. The van der Waals surface area contributed by atoms with Crippen molar-refractivity contribution in [3.63, 3.8) is 0 Å². The second-order valence-electron chi connectivity index (χ2n) is 4.80. The highest BCUT2D eigenvalue weighted by atomic mass is 16.3. The fourth-order valence-corrected chi connectivity index (χ4v) is 2.81. The van der Waals surface area contributed by atoms with Crippen molar-refractivity contribution >= 4 is 5.91 Å². The van der Waals surface area contributed by atoms with Gasteiger partial charge in [0.1, 0.15) is 5.76 Å². The van der Waals surface area contributed by atoms with Crippen molar-refractivity contribution in [2.75, 3.05) is 13.1 Å². The number of aliphatic hydroxyl groups is 1. The molecule has 0 aromatic rings. The summed E-state index contributed by atoms with van der Waals surface area (Å²) in [6.45, 7) is 1.83. The van der Waals surface area contributed by atoms with Gasteiger partial charge in [-0.2, -0.15) is 0 Å². The van der Waals surface area contributed by atoms with Gasteiger partial charge in [0, 0.05) is 13.1 Å². The van der Waals surface area contributed by atoms with Crippen LogP contribution in [0.15, 0.2) is 23.5 Å². The maximum atomic E-state index is 12.2. The Morgan fingerprint density at radius 3 is 2.60 bits per heavy atom. The molecule has 80 valence electrons. The molecule has 1 fully saturated rings. The van der Waals surface area contributed by atoms with Crippen molar-refractivity contribution in [1.29, 1.82) is 0 Å². The van der Waals surface area contributed by atoms with E-state index in [4.69, 9.17) is 0 Å². The van der Waals surface area contributed by atoms with E-state index >= 15 is 0 Å². The van der Waals surface area contributed by atoms with Crippen LogP contribution < -0.4 is 0 Å². The lowest BCUT2D eigenvalue weighted by Gasteiger charge is -2.43. The molecule has 1 amide bonds. The molecular formula is C12H15NO2. The summed E-state index contributed by atoms with van der Waals surface area (Å²) in [5, 5.41) is 9.45. The number of hydrogen-bond acceptors (Lipinski definition) is 2. The summed E-state index contributed by atoms with van der Waals surface area (Å²) in [5.41, 5.74) is 0.667. The number of nitrogens with zero attached hydrogens (tertiary/aromatic N) is 1. The highest BCUT2D eigenvalue weighted by Crippen LogP contribution is 2.50. The third-order valence-corrected chi connectivity index (χ3v) is 3.76. The number of allylic oxidation sites excluding steroid dienone is 2. The van der Waals surface area contributed by atoms with Gasteiger partial charge in [-0.25, -0.2) is 0 Å². The molecule has 4 rings (SSSR count). The minimum absolute atomic E-state index is 0.271. The number of aliphatic hydroxyl groups excluding tert-OH is 1. The molecule has 2 bridgehead atoms. The molecule has 3 heteroatoms. The lowest BCUT2D eigenvalue weighted by atomic mass is 9.64. The zero-order valence-corrected chi connectivity index (χ0v) is 8.70. The molecule has 0 aromatic heterocycles. The van der Waals surface area contributed by atoms with Crippen LogP contribution in [0.25, 0.3) is 0 Å². The summed E-state index contributed by atoms with van der Waals surface area (Å²) in [4.78, 5) is 14.2. The van der Waals surface area contributed by atoms with Gasteiger partial charge in [-0.15, -0.1) is 0 Å². The number of fused-ring (bicyclic) bond motifs is 1. The molecule has 1 atom stereocenters. The van der Waals surface area contributed by atoms with Crippen molar-refractivity contribution in [2.45, 2.75) is 25.7 Å². The Hall–Kier alpha value is -1.25. The predicted octanol–water partition coefficient (Wildman–Crippen LogP) is 1.77. The largest absolute Gasteiger partial charge is 0.508 e. The van der Waals surface area contributed by atoms with Crippen LogP contribution in [0.3, 0.4) is 0 Å². The van der Waals surface area contributed by atoms with Gasteiger partial charge in [0.15, 0.2) is 0 Å². The van der Waals surface area contributed by atoms with Crippen LogP contribution >= 0.6 is 0 Å². The van der Waals surface area contributed by atoms with Gasteiger partial charge in [-0.3, -0.25) is 4.79 Å². The van der Waals surface area contributed by atoms with E-state index in [0.717, 1.165) is 37.9 Å². The summed E-state index contributed by atoms with van der Waals surface area (Å²) >= 11 is 0. The van der Waals surface area contributed by atoms with Crippen molar-refractivity contribution in [1.82, 2.24) is 4.90 Å². The molecule has 4 aliphatic rings. The van der Waals surface area contributed by atoms with Crippen molar-refractivity contribution in [2.24, 2.45) is 5.41 Å². The van der Waals surface area contributed by atoms with E-state index in [-0.39, 0.29) is 11.3 Å². The summed E-state index contributed by atoms with van der Waals surface area (Å²) in [6, 6.07) is 0. The molecule has 1 saturated heterocycles. The Labute approximate surface area is 89.1 Å². The molecule has 1 heterocycles. The van der Waals surface area contributed by atoms with E-state index in [1.165, 1.54) is 0 Å². The Morgan fingerprint density at radius 2 is 2.07 bits per heavy atom.